The molecule has 3 aromatic rings. The van der Waals surface area contributed by atoms with E-state index in [0.29, 0.717) is 38.2 Å². The topological polar surface area (TPSA) is 72.8 Å². The summed E-state index contributed by atoms with van der Waals surface area (Å²) in [5.41, 5.74) is 4.19. The highest BCUT2D eigenvalue weighted by molar-refractivity contribution is 9.10. The van der Waals surface area contributed by atoms with Crippen LogP contribution in [0.4, 0.5) is 0 Å². The maximum Gasteiger partial charge on any atom is 0.274 e. The van der Waals surface area contributed by atoms with Crippen LogP contribution >= 0.6 is 50.7 Å². The number of hydrazone groups is 1. The van der Waals surface area contributed by atoms with Crippen molar-refractivity contribution >= 4 is 62.9 Å². The smallest absolute Gasteiger partial charge is 0.274 e. The number of nitrogens with one attached hydrogen (secondary N) is 1. The van der Waals surface area contributed by atoms with Crippen LogP contribution in [0.5, 0.6) is 11.5 Å². The van der Waals surface area contributed by atoms with Crippen molar-refractivity contribution in [1.82, 2.24) is 10.4 Å². The number of ether oxygens (including phenoxy) is 2. The zero-order chi connectivity index (χ0) is 23.1. The number of amides is 1. The van der Waals surface area contributed by atoms with E-state index in [4.69, 9.17) is 44.3 Å². The normalized spacial score (nSPS) is 10.9. The number of carbonyl (C=O) groups excluding carboxylic acids is 1. The third-order valence-electron chi connectivity index (χ3n) is 4.11. The van der Waals surface area contributed by atoms with E-state index in [2.05, 4.69) is 31.4 Å². The van der Waals surface area contributed by atoms with Gasteiger partial charge in [0, 0.05) is 16.2 Å². The van der Waals surface area contributed by atoms with Crippen molar-refractivity contribution in [3.63, 3.8) is 0 Å². The minimum atomic E-state index is -0.470. The first-order valence-corrected chi connectivity index (χ1v) is 11.3. The molecule has 0 radical (unpaired) electrons. The maximum absolute atomic E-state index is 12.2. The van der Waals surface area contributed by atoms with E-state index in [-0.39, 0.29) is 17.3 Å². The summed E-state index contributed by atoms with van der Waals surface area (Å²) in [5, 5.41) is 5.04. The summed E-state index contributed by atoms with van der Waals surface area (Å²) < 4.78 is 12.3. The number of halogens is 4. The summed E-state index contributed by atoms with van der Waals surface area (Å²) in [4.78, 5) is 16.1. The molecular formula is C22H17BrCl3N3O3. The van der Waals surface area contributed by atoms with Gasteiger partial charge in [-0.25, -0.2) is 10.4 Å². The van der Waals surface area contributed by atoms with Gasteiger partial charge >= 0.3 is 0 Å². The lowest BCUT2D eigenvalue weighted by molar-refractivity contribution is 0.0955. The zero-order valence-electron chi connectivity index (χ0n) is 16.7. The Morgan fingerprint density at radius 2 is 1.91 bits per heavy atom. The van der Waals surface area contributed by atoms with E-state index < -0.39 is 5.91 Å². The summed E-state index contributed by atoms with van der Waals surface area (Å²) in [6.45, 7) is 2.59. The molecule has 0 aliphatic carbocycles. The predicted molar refractivity (Wildman–Crippen MR) is 130 cm³/mol. The molecular weight excluding hydrogens is 541 g/mol. The number of rotatable bonds is 8. The van der Waals surface area contributed by atoms with Gasteiger partial charge in [0.15, 0.2) is 11.5 Å². The molecule has 0 fully saturated rings. The van der Waals surface area contributed by atoms with Gasteiger partial charge in [0.05, 0.1) is 28.4 Å². The monoisotopic (exact) mass is 555 g/mol. The fraction of sp³-hybridized carbons (Fsp3) is 0.136. The quantitative estimate of drug-likeness (QED) is 0.194. The number of carbonyl (C=O) groups is 1. The van der Waals surface area contributed by atoms with Crippen LogP contribution in [0.15, 0.2) is 58.2 Å². The van der Waals surface area contributed by atoms with Crippen molar-refractivity contribution in [2.45, 2.75) is 13.5 Å². The lowest BCUT2D eigenvalue weighted by Crippen LogP contribution is -2.18. The SMILES string of the molecule is CCOc1cc(C=NNC(=O)c2cccnc2Cl)c(Br)cc1OCc1ccc(Cl)c(Cl)c1. The van der Waals surface area contributed by atoms with Crippen LogP contribution in [0.25, 0.3) is 0 Å². The summed E-state index contributed by atoms with van der Waals surface area (Å²) in [5.74, 6) is 0.592. The molecule has 0 unspecified atom stereocenters. The van der Waals surface area contributed by atoms with Gasteiger partial charge in [-0.05, 0) is 64.8 Å². The summed E-state index contributed by atoms with van der Waals surface area (Å²) in [6, 6.07) is 12.0. The molecule has 10 heteroatoms. The van der Waals surface area contributed by atoms with Crippen molar-refractivity contribution in [1.29, 1.82) is 0 Å². The van der Waals surface area contributed by atoms with Gasteiger partial charge in [-0.15, -0.1) is 0 Å². The van der Waals surface area contributed by atoms with Crippen molar-refractivity contribution in [2.75, 3.05) is 6.61 Å². The van der Waals surface area contributed by atoms with Crippen LogP contribution < -0.4 is 14.9 Å². The third-order valence-corrected chi connectivity index (χ3v) is 5.84. The molecule has 32 heavy (non-hydrogen) atoms. The molecule has 1 aromatic heterocycles. The Balaban J connectivity index is 1.74. The molecule has 1 heterocycles. The molecule has 2 aromatic carbocycles. The molecule has 0 aliphatic heterocycles. The molecule has 6 nitrogen and oxygen atoms in total. The Morgan fingerprint density at radius 3 is 2.62 bits per heavy atom. The number of hydrogen-bond donors (Lipinski definition) is 1. The molecule has 0 saturated carbocycles. The van der Waals surface area contributed by atoms with E-state index in [9.17, 15) is 4.79 Å². The summed E-state index contributed by atoms with van der Waals surface area (Å²) in [7, 11) is 0. The second-order valence-corrected chi connectivity index (χ2v) is 8.36. The first-order valence-electron chi connectivity index (χ1n) is 9.36. The van der Waals surface area contributed by atoms with Crippen LogP contribution in [-0.4, -0.2) is 23.7 Å². The molecule has 166 valence electrons. The maximum atomic E-state index is 12.2. The lowest BCUT2D eigenvalue weighted by Gasteiger charge is -2.14. The van der Waals surface area contributed by atoms with Crippen LogP contribution in [0.3, 0.4) is 0 Å². The fourth-order valence-electron chi connectivity index (χ4n) is 2.60. The minimum absolute atomic E-state index is 0.100. The first kappa shape index (κ1) is 24.3. The van der Waals surface area contributed by atoms with Gasteiger partial charge in [-0.1, -0.05) is 40.9 Å². The van der Waals surface area contributed by atoms with Crippen LogP contribution in [-0.2, 0) is 6.61 Å². The number of benzene rings is 2. The highest BCUT2D eigenvalue weighted by atomic mass is 79.9. The standard InChI is InChI=1S/C22H17BrCl3N3O3/c1-2-31-19-9-14(11-28-29-22(30)15-4-3-7-27-21(15)26)16(23)10-20(19)32-12-13-5-6-17(24)18(25)8-13/h3-11H,2,12H2,1H3,(H,29,30). The Kier molecular flexibility index (Phi) is 8.75. The zero-order valence-corrected chi connectivity index (χ0v) is 20.6. The molecule has 0 aliphatic rings. The Bertz CT molecular complexity index is 1160. The van der Waals surface area contributed by atoms with Crippen molar-refractivity contribution in [3.05, 3.63) is 85.0 Å². The summed E-state index contributed by atoms with van der Waals surface area (Å²) >= 11 is 21.4. The average Bonchev–Trinajstić information content (AvgIpc) is 2.77. The van der Waals surface area contributed by atoms with E-state index in [1.54, 1.807) is 36.4 Å². The molecule has 0 spiro atoms. The van der Waals surface area contributed by atoms with Gasteiger partial charge in [0.1, 0.15) is 11.8 Å². The summed E-state index contributed by atoms with van der Waals surface area (Å²) in [6.07, 6.45) is 2.98. The van der Waals surface area contributed by atoms with Gasteiger partial charge < -0.3 is 9.47 Å². The molecule has 0 atom stereocenters. The minimum Gasteiger partial charge on any atom is -0.490 e. The van der Waals surface area contributed by atoms with Gasteiger partial charge in [0.2, 0.25) is 0 Å². The van der Waals surface area contributed by atoms with Crippen molar-refractivity contribution in [3.8, 4) is 11.5 Å². The predicted octanol–water partition coefficient (Wildman–Crippen LogP) is 6.55. The fourth-order valence-corrected chi connectivity index (χ4v) is 3.55. The van der Waals surface area contributed by atoms with Crippen LogP contribution in [0.2, 0.25) is 15.2 Å². The average molecular weight is 558 g/mol. The molecule has 0 bridgehead atoms. The van der Waals surface area contributed by atoms with E-state index in [1.807, 2.05) is 13.0 Å². The van der Waals surface area contributed by atoms with Crippen LogP contribution in [0, 0.1) is 0 Å². The lowest BCUT2D eigenvalue weighted by atomic mass is 10.2. The van der Waals surface area contributed by atoms with Gasteiger partial charge in [-0.2, -0.15) is 5.10 Å². The Hall–Kier alpha value is -2.32. The van der Waals surface area contributed by atoms with Crippen molar-refractivity contribution in [2.24, 2.45) is 5.10 Å². The number of hydrogen-bond acceptors (Lipinski definition) is 5. The van der Waals surface area contributed by atoms with Crippen LogP contribution in [0.1, 0.15) is 28.4 Å². The van der Waals surface area contributed by atoms with E-state index in [1.165, 1.54) is 12.4 Å². The number of pyridine rings is 1. The molecule has 0 saturated heterocycles. The third kappa shape index (κ3) is 6.36. The Labute approximate surface area is 208 Å². The second-order valence-electron chi connectivity index (χ2n) is 6.33. The number of aromatic nitrogens is 1. The van der Waals surface area contributed by atoms with E-state index in [0.717, 1.165) is 5.56 Å². The molecule has 3 rings (SSSR count). The highest BCUT2D eigenvalue weighted by Gasteiger charge is 2.12. The Morgan fingerprint density at radius 1 is 1.12 bits per heavy atom. The van der Waals surface area contributed by atoms with E-state index >= 15 is 0 Å². The van der Waals surface area contributed by atoms with Gasteiger partial charge in [0.25, 0.3) is 5.91 Å². The highest BCUT2D eigenvalue weighted by Crippen LogP contribution is 2.34. The number of nitrogens with zero attached hydrogens (tertiary/aromatic N) is 2. The van der Waals surface area contributed by atoms with Crippen molar-refractivity contribution < 1.29 is 14.3 Å². The van der Waals surface area contributed by atoms with Gasteiger partial charge in [-0.3, -0.25) is 4.79 Å². The molecule has 1 N–H and O–H groups in total. The largest absolute Gasteiger partial charge is 0.490 e. The second kappa shape index (κ2) is 11.5. The first-order chi connectivity index (χ1) is 15.4. The molecule has 1 amide bonds.